The number of hydrogen-bond donors (Lipinski definition) is 1. The van der Waals surface area contributed by atoms with E-state index in [1.807, 2.05) is 11.3 Å². The van der Waals surface area contributed by atoms with Crippen molar-refractivity contribution in [1.82, 2.24) is 0 Å². The molecule has 1 aromatic heterocycles. The van der Waals surface area contributed by atoms with Gasteiger partial charge in [0.25, 0.3) is 0 Å². The van der Waals surface area contributed by atoms with Gasteiger partial charge in [-0.3, -0.25) is 0 Å². The summed E-state index contributed by atoms with van der Waals surface area (Å²) in [6.07, 6.45) is 4.78. The third-order valence-electron chi connectivity index (χ3n) is 3.73. The van der Waals surface area contributed by atoms with Crippen LogP contribution in [0.15, 0.2) is 12.1 Å². The second-order valence-corrected chi connectivity index (χ2v) is 7.02. The molecule has 2 heteroatoms. The van der Waals surface area contributed by atoms with Gasteiger partial charge in [-0.25, -0.2) is 0 Å². The summed E-state index contributed by atoms with van der Waals surface area (Å²) in [6.45, 7) is 6.86. The van der Waals surface area contributed by atoms with Crippen LogP contribution in [-0.2, 0) is 5.54 Å². The molecule has 1 aliphatic carbocycles. The Labute approximate surface area is 96.7 Å². The Morgan fingerprint density at radius 1 is 1.13 bits per heavy atom. The lowest BCUT2D eigenvalue weighted by Gasteiger charge is -2.40. The Balaban J connectivity index is 2.16. The molecule has 2 N–H and O–H groups in total. The zero-order chi connectivity index (χ0) is 11.1. The molecule has 0 aliphatic heterocycles. The van der Waals surface area contributed by atoms with E-state index in [4.69, 9.17) is 5.73 Å². The van der Waals surface area contributed by atoms with E-state index in [0.29, 0.717) is 5.41 Å². The predicted octanol–water partition coefficient (Wildman–Crippen LogP) is 3.81. The maximum atomic E-state index is 6.53. The minimum atomic E-state index is -0.0333. The molecule has 15 heavy (non-hydrogen) atoms. The Kier molecular flexibility index (Phi) is 2.68. The first-order valence-corrected chi connectivity index (χ1v) is 6.59. The lowest BCUT2D eigenvalue weighted by molar-refractivity contribution is 0.168. The topological polar surface area (TPSA) is 26.0 Å². The lowest BCUT2D eigenvalue weighted by Crippen LogP contribution is -2.41. The fraction of sp³-hybridized carbons (Fsp3) is 0.692. The molecule has 2 rings (SSSR count). The molecule has 0 bridgehead atoms. The molecule has 1 heterocycles. The van der Waals surface area contributed by atoms with Gasteiger partial charge in [-0.2, -0.15) is 0 Å². The van der Waals surface area contributed by atoms with Crippen LogP contribution >= 0.6 is 11.3 Å². The maximum absolute atomic E-state index is 6.53. The number of nitrogens with two attached hydrogens (primary N) is 1. The second kappa shape index (κ2) is 3.60. The average Bonchev–Trinajstić information content (AvgIpc) is 2.59. The van der Waals surface area contributed by atoms with Crippen LogP contribution in [0.4, 0.5) is 0 Å². The average molecular weight is 223 g/mol. The van der Waals surface area contributed by atoms with Crippen LogP contribution in [0.5, 0.6) is 0 Å². The highest BCUT2D eigenvalue weighted by Gasteiger charge is 2.37. The van der Waals surface area contributed by atoms with Gasteiger partial charge in [0.05, 0.1) is 5.54 Å². The van der Waals surface area contributed by atoms with E-state index < -0.39 is 0 Å². The van der Waals surface area contributed by atoms with E-state index in [0.717, 1.165) is 12.8 Å². The largest absolute Gasteiger partial charge is 0.321 e. The first-order valence-electron chi connectivity index (χ1n) is 5.77. The van der Waals surface area contributed by atoms with Gasteiger partial charge in [0, 0.05) is 9.75 Å². The van der Waals surface area contributed by atoms with Crippen molar-refractivity contribution in [1.29, 1.82) is 0 Å². The molecule has 0 spiro atoms. The van der Waals surface area contributed by atoms with E-state index >= 15 is 0 Å². The van der Waals surface area contributed by atoms with Gasteiger partial charge >= 0.3 is 0 Å². The van der Waals surface area contributed by atoms with Crippen LogP contribution in [0.25, 0.3) is 0 Å². The monoisotopic (exact) mass is 223 g/mol. The minimum Gasteiger partial charge on any atom is -0.321 e. The van der Waals surface area contributed by atoms with Gasteiger partial charge in [-0.05, 0) is 50.2 Å². The number of thiophene rings is 1. The zero-order valence-electron chi connectivity index (χ0n) is 9.97. The molecule has 1 nitrogen and oxygen atoms in total. The van der Waals surface area contributed by atoms with Crippen LogP contribution in [-0.4, -0.2) is 0 Å². The molecule has 84 valence electrons. The molecular formula is C13H21NS. The van der Waals surface area contributed by atoms with E-state index in [-0.39, 0.29) is 5.54 Å². The highest BCUT2D eigenvalue weighted by Crippen LogP contribution is 2.45. The lowest BCUT2D eigenvalue weighted by atomic mass is 9.69. The summed E-state index contributed by atoms with van der Waals surface area (Å²) in [4.78, 5) is 2.76. The summed E-state index contributed by atoms with van der Waals surface area (Å²) in [7, 11) is 0. The molecule has 0 aromatic carbocycles. The number of rotatable bonds is 1. The normalized spacial score (nSPS) is 24.0. The first-order chi connectivity index (χ1) is 6.91. The van der Waals surface area contributed by atoms with Crippen LogP contribution in [0.1, 0.15) is 49.3 Å². The van der Waals surface area contributed by atoms with E-state index in [1.54, 1.807) is 0 Å². The standard InChI is InChI=1S/C13H21NS/c1-10-4-5-11(15-10)13(14)8-6-12(2,3)7-9-13/h4-5H,6-9,14H2,1-3H3. The minimum absolute atomic E-state index is 0.0333. The first kappa shape index (κ1) is 11.2. The smallest absolute Gasteiger partial charge is 0.0504 e. The molecule has 1 aliphatic rings. The SMILES string of the molecule is Cc1ccc(C2(N)CCC(C)(C)CC2)s1. The highest BCUT2D eigenvalue weighted by molar-refractivity contribution is 7.12. The van der Waals surface area contributed by atoms with Crippen molar-refractivity contribution in [2.75, 3.05) is 0 Å². The summed E-state index contributed by atoms with van der Waals surface area (Å²) in [5.74, 6) is 0. The second-order valence-electron chi connectivity index (χ2n) is 5.73. The van der Waals surface area contributed by atoms with Crippen molar-refractivity contribution in [3.63, 3.8) is 0 Å². The molecular weight excluding hydrogens is 202 g/mol. The van der Waals surface area contributed by atoms with Crippen molar-refractivity contribution < 1.29 is 0 Å². The zero-order valence-corrected chi connectivity index (χ0v) is 10.8. The van der Waals surface area contributed by atoms with Gasteiger partial charge in [-0.1, -0.05) is 13.8 Å². The van der Waals surface area contributed by atoms with Gasteiger partial charge < -0.3 is 5.73 Å². The Hall–Kier alpha value is -0.340. The van der Waals surface area contributed by atoms with Crippen molar-refractivity contribution in [2.24, 2.45) is 11.1 Å². The van der Waals surface area contributed by atoms with Gasteiger partial charge in [0.2, 0.25) is 0 Å². The van der Waals surface area contributed by atoms with Crippen LogP contribution in [0.2, 0.25) is 0 Å². The summed E-state index contributed by atoms with van der Waals surface area (Å²) < 4.78 is 0. The number of aryl methyl sites for hydroxylation is 1. The van der Waals surface area contributed by atoms with Gasteiger partial charge in [0.1, 0.15) is 0 Å². The molecule has 0 atom stereocenters. The van der Waals surface area contributed by atoms with E-state index in [1.165, 1.54) is 22.6 Å². The third-order valence-corrected chi connectivity index (χ3v) is 4.95. The summed E-state index contributed by atoms with van der Waals surface area (Å²) in [5.41, 5.74) is 6.99. The fourth-order valence-corrected chi connectivity index (χ4v) is 3.35. The highest BCUT2D eigenvalue weighted by atomic mass is 32.1. The number of hydrogen-bond acceptors (Lipinski definition) is 2. The van der Waals surface area contributed by atoms with Crippen molar-refractivity contribution in [3.8, 4) is 0 Å². The third kappa shape index (κ3) is 2.26. The fourth-order valence-electron chi connectivity index (χ4n) is 2.32. The van der Waals surface area contributed by atoms with Crippen LogP contribution < -0.4 is 5.73 Å². The Bertz CT molecular complexity index is 341. The van der Waals surface area contributed by atoms with Gasteiger partial charge in [-0.15, -0.1) is 11.3 Å². The van der Waals surface area contributed by atoms with Crippen LogP contribution in [0, 0.1) is 12.3 Å². The Morgan fingerprint density at radius 2 is 1.73 bits per heavy atom. The van der Waals surface area contributed by atoms with Gasteiger partial charge in [0.15, 0.2) is 0 Å². The molecule has 1 fully saturated rings. The van der Waals surface area contributed by atoms with Crippen molar-refractivity contribution >= 4 is 11.3 Å². The molecule has 0 saturated heterocycles. The molecule has 1 aromatic rings. The maximum Gasteiger partial charge on any atom is 0.0504 e. The quantitative estimate of drug-likeness (QED) is 0.769. The Morgan fingerprint density at radius 3 is 2.20 bits per heavy atom. The summed E-state index contributed by atoms with van der Waals surface area (Å²) >= 11 is 1.87. The molecule has 1 saturated carbocycles. The molecule has 0 amide bonds. The summed E-state index contributed by atoms with van der Waals surface area (Å²) in [6, 6.07) is 4.41. The van der Waals surface area contributed by atoms with Crippen LogP contribution in [0.3, 0.4) is 0 Å². The van der Waals surface area contributed by atoms with E-state index in [2.05, 4.69) is 32.9 Å². The molecule has 0 radical (unpaired) electrons. The van der Waals surface area contributed by atoms with E-state index in [9.17, 15) is 0 Å². The summed E-state index contributed by atoms with van der Waals surface area (Å²) in [5, 5.41) is 0. The van der Waals surface area contributed by atoms with Crippen molar-refractivity contribution in [3.05, 3.63) is 21.9 Å². The molecule has 0 unspecified atom stereocenters. The predicted molar refractivity (Wildman–Crippen MR) is 67.2 cm³/mol. The van der Waals surface area contributed by atoms with Crippen molar-refractivity contribution in [2.45, 2.75) is 52.0 Å².